The van der Waals surface area contributed by atoms with Crippen LogP contribution in [0.5, 0.6) is 0 Å². The summed E-state index contributed by atoms with van der Waals surface area (Å²) in [5, 5.41) is 17.1. The second-order valence-corrected chi connectivity index (χ2v) is 5.70. The Kier molecular flexibility index (Phi) is 4.20. The number of aliphatic hydroxyl groups is 1. The lowest BCUT2D eigenvalue weighted by molar-refractivity contribution is -0.115. The fraction of sp³-hybridized carbons (Fsp3) is 0.438. The molecular formula is C16H19N3O3. The third kappa shape index (κ3) is 3.33. The van der Waals surface area contributed by atoms with Gasteiger partial charge in [-0.25, -0.2) is 0 Å². The third-order valence-electron chi connectivity index (χ3n) is 3.92. The maximum atomic E-state index is 12.0. The smallest absolute Gasteiger partial charge is 0.258 e. The van der Waals surface area contributed by atoms with Crippen LogP contribution in [-0.4, -0.2) is 21.2 Å². The van der Waals surface area contributed by atoms with E-state index in [1.54, 1.807) is 0 Å². The number of aromatic nitrogens is 2. The summed E-state index contributed by atoms with van der Waals surface area (Å²) >= 11 is 0. The first-order chi connectivity index (χ1) is 10.7. The fourth-order valence-electron chi connectivity index (χ4n) is 2.74. The van der Waals surface area contributed by atoms with Crippen LogP contribution in [0.2, 0.25) is 0 Å². The van der Waals surface area contributed by atoms with E-state index in [9.17, 15) is 9.90 Å². The minimum atomic E-state index is -1.03. The molecule has 1 aliphatic carbocycles. The number of nitrogens with one attached hydrogen (secondary N) is 1. The lowest BCUT2D eigenvalue weighted by Gasteiger charge is -2.27. The van der Waals surface area contributed by atoms with E-state index in [4.69, 9.17) is 4.52 Å². The molecule has 1 amide bonds. The highest BCUT2D eigenvalue weighted by molar-refractivity contribution is 5.91. The van der Waals surface area contributed by atoms with Crippen molar-refractivity contribution in [3.63, 3.8) is 0 Å². The van der Waals surface area contributed by atoms with Crippen molar-refractivity contribution in [2.75, 3.05) is 5.32 Å². The zero-order valence-corrected chi connectivity index (χ0v) is 12.3. The minimum absolute atomic E-state index is 0.0223. The normalized spacial score (nSPS) is 17.1. The lowest BCUT2D eigenvalue weighted by atomic mass is 9.85. The molecule has 0 saturated heterocycles. The average molecular weight is 301 g/mol. The topological polar surface area (TPSA) is 88.2 Å². The Bertz CT molecular complexity index is 633. The first kappa shape index (κ1) is 14.7. The van der Waals surface area contributed by atoms with E-state index in [0.29, 0.717) is 18.7 Å². The highest BCUT2D eigenvalue weighted by Gasteiger charge is 2.36. The summed E-state index contributed by atoms with van der Waals surface area (Å²) in [4.78, 5) is 16.2. The number of carbonyl (C=O) groups excluding carboxylic acids is 1. The van der Waals surface area contributed by atoms with Crippen LogP contribution in [0.1, 0.15) is 43.8 Å². The van der Waals surface area contributed by atoms with Crippen molar-refractivity contribution in [1.82, 2.24) is 10.1 Å². The molecule has 6 heteroatoms. The number of rotatable bonds is 4. The molecule has 2 aromatic rings. The van der Waals surface area contributed by atoms with E-state index >= 15 is 0 Å². The molecule has 0 bridgehead atoms. The van der Waals surface area contributed by atoms with Crippen molar-refractivity contribution in [3.8, 4) is 0 Å². The van der Waals surface area contributed by atoms with Crippen LogP contribution in [0.25, 0.3) is 0 Å². The molecule has 2 N–H and O–H groups in total. The molecule has 116 valence electrons. The van der Waals surface area contributed by atoms with E-state index < -0.39 is 5.60 Å². The van der Waals surface area contributed by atoms with Crippen LogP contribution in [0.3, 0.4) is 0 Å². The molecule has 1 aromatic carbocycles. The third-order valence-corrected chi connectivity index (χ3v) is 3.92. The standard InChI is InChI=1S/C16H19N3O3/c20-14(17-12-7-3-1-4-8-12)11-13-18-15(22-19-13)16(21)9-5-2-6-10-16/h1,3-4,7-8,21H,2,5-6,9-11H2,(H,17,20). The van der Waals surface area contributed by atoms with E-state index in [0.717, 1.165) is 24.9 Å². The number of anilines is 1. The van der Waals surface area contributed by atoms with Crippen molar-refractivity contribution in [3.05, 3.63) is 42.0 Å². The Morgan fingerprint density at radius 2 is 1.95 bits per heavy atom. The van der Waals surface area contributed by atoms with Gasteiger partial charge in [0.15, 0.2) is 5.82 Å². The molecule has 22 heavy (non-hydrogen) atoms. The highest BCUT2D eigenvalue weighted by atomic mass is 16.5. The molecule has 0 aliphatic heterocycles. The number of amides is 1. The summed E-state index contributed by atoms with van der Waals surface area (Å²) in [6.45, 7) is 0. The maximum absolute atomic E-state index is 12.0. The molecule has 0 unspecified atom stereocenters. The van der Waals surface area contributed by atoms with Crippen LogP contribution in [-0.2, 0) is 16.8 Å². The fourth-order valence-corrected chi connectivity index (χ4v) is 2.74. The van der Waals surface area contributed by atoms with Gasteiger partial charge in [0.1, 0.15) is 5.60 Å². The molecule has 0 spiro atoms. The molecular weight excluding hydrogens is 282 g/mol. The second-order valence-electron chi connectivity index (χ2n) is 5.70. The van der Waals surface area contributed by atoms with Crippen molar-refractivity contribution in [2.24, 2.45) is 0 Å². The Hall–Kier alpha value is -2.21. The Labute approximate surface area is 128 Å². The summed E-state index contributed by atoms with van der Waals surface area (Å²) in [5.74, 6) is 0.311. The molecule has 1 saturated carbocycles. The van der Waals surface area contributed by atoms with Gasteiger partial charge in [-0.05, 0) is 25.0 Å². The number of carbonyl (C=O) groups is 1. The lowest BCUT2D eigenvalue weighted by Crippen LogP contribution is -2.28. The molecule has 1 aliphatic rings. The number of para-hydroxylation sites is 1. The second kappa shape index (κ2) is 6.27. The van der Waals surface area contributed by atoms with Crippen LogP contribution >= 0.6 is 0 Å². The first-order valence-corrected chi connectivity index (χ1v) is 7.56. The zero-order valence-electron chi connectivity index (χ0n) is 12.3. The number of nitrogens with zero attached hydrogens (tertiary/aromatic N) is 2. The monoisotopic (exact) mass is 301 g/mol. The highest BCUT2D eigenvalue weighted by Crippen LogP contribution is 2.35. The molecule has 1 heterocycles. The van der Waals surface area contributed by atoms with Crippen LogP contribution in [0, 0.1) is 0 Å². The predicted molar refractivity (Wildman–Crippen MR) is 80.1 cm³/mol. The van der Waals surface area contributed by atoms with E-state index in [1.165, 1.54) is 0 Å². The van der Waals surface area contributed by atoms with Gasteiger partial charge in [0.05, 0.1) is 6.42 Å². The molecule has 1 fully saturated rings. The minimum Gasteiger partial charge on any atom is -0.380 e. The van der Waals surface area contributed by atoms with Crippen LogP contribution in [0.15, 0.2) is 34.9 Å². The summed E-state index contributed by atoms with van der Waals surface area (Å²) in [7, 11) is 0. The van der Waals surface area contributed by atoms with Gasteiger partial charge >= 0.3 is 0 Å². The van der Waals surface area contributed by atoms with Crippen molar-refractivity contribution in [1.29, 1.82) is 0 Å². The summed E-state index contributed by atoms with van der Waals surface area (Å²) in [5.41, 5.74) is -0.304. The quantitative estimate of drug-likeness (QED) is 0.905. The van der Waals surface area contributed by atoms with E-state index in [-0.39, 0.29) is 18.2 Å². The molecule has 0 atom stereocenters. The van der Waals surface area contributed by atoms with Crippen molar-refractivity contribution < 1.29 is 14.4 Å². The van der Waals surface area contributed by atoms with Crippen molar-refractivity contribution in [2.45, 2.75) is 44.1 Å². The number of hydrogen-bond donors (Lipinski definition) is 2. The SMILES string of the molecule is O=C(Cc1noc(C2(O)CCCCC2)n1)Nc1ccccc1. The van der Waals surface area contributed by atoms with Gasteiger partial charge in [-0.3, -0.25) is 4.79 Å². The Morgan fingerprint density at radius 1 is 1.23 bits per heavy atom. The van der Waals surface area contributed by atoms with Gasteiger partial charge in [0.25, 0.3) is 5.89 Å². The first-order valence-electron chi connectivity index (χ1n) is 7.56. The van der Waals surface area contributed by atoms with Crippen molar-refractivity contribution >= 4 is 11.6 Å². The molecule has 0 radical (unpaired) electrons. The summed E-state index contributed by atoms with van der Waals surface area (Å²) in [6, 6.07) is 9.20. The Balaban J connectivity index is 1.63. The van der Waals surface area contributed by atoms with Gasteiger partial charge in [-0.1, -0.05) is 42.6 Å². The zero-order chi connectivity index (χ0) is 15.4. The molecule has 6 nitrogen and oxygen atoms in total. The molecule has 1 aromatic heterocycles. The van der Waals surface area contributed by atoms with Crippen LogP contribution in [0.4, 0.5) is 5.69 Å². The van der Waals surface area contributed by atoms with Gasteiger partial charge in [0, 0.05) is 5.69 Å². The number of benzene rings is 1. The van der Waals surface area contributed by atoms with E-state index in [2.05, 4.69) is 15.5 Å². The maximum Gasteiger partial charge on any atom is 0.258 e. The van der Waals surface area contributed by atoms with Crippen LogP contribution < -0.4 is 5.32 Å². The average Bonchev–Trinajstić information content (AvgIpc) is 2.98. The summed E-state index contributed by atoms with van der Waals surface area (Å²) < 4.78 is 5.17. The van der Waals surface area contributed by atoms with Gasteiger partial charge in [-0.2, -0.15) is 4.98 Å². The largest absolute Gasteiger partial charge is 0.380 e. The predicted octanol–water partition coefficient (Wildman–Crippen LogP) is 2.40. The molecule has 3 rings (SSSR count). The summed E-state index contributed by atoms with van der Waals surface area (Å²) in [6.07, 6.45) is 4.29. The Morgan fingerprint density at radius 3 is 2.68 bits per heavy atom. The van der Waals surface area contributed by atoms with E-state index in [1.807, 2.05) is 30.3 Å². The number of hydrogen-bond acceptors (Lipinski definition) is 5. The van der Waals surface area contributed by atoms with Gasteiger partial charge < -0.3 is 14.9 Å². The van der Waals surface area contributed by atoms with Gasteiger partial charge in [-0.15, -0.1) is 0 Å². The van der Waals surface area contributed by atoms with Gasteiger partial charge in [0.2, 0.25) is 5.91 Å².